The molecule has 4 rings (SSSR count). The van der Waals surface area contributed by atoms with E-state index in [1.54, 1.807) is 42.9 Å². The van der Waals surface area contributed by atoms with E-state index in [-0.39, 0.29) is 5.91 Å². The van der Waals surface area contributed by atoms with Gasteiger partial charge in [0.15, 0.2) is 11.5 Å². The lowest BCUT2D eigenvalue weighted by molar-refractivity contribution is 0.102. The molecule has 2 N–H and O–H groups in total. The van der Waals surface area contributed by atoms with Crippen molar-refractivity contribution in [3.63, 3.8) is 0 Å². The van der Waals surface area contributed by atoms with Gasteiger partial charge in [0, 0.05) is 42.6 Å². The van der Waals surface area contributed by atoms with Crippen molar-refractivity contribution in [2.75, 3.05) is 23.8 Å². The normalized spacial score (nSPS) is 12.3. The van der Waals surface area contributed by atoms with Crippen LogP contribution < -0.4 is 20.1 Å². The molecular weight excluding hydrogens is 344 g/mol. The van der Waals surface area contributed by atoms with E-state index in [0.29, 0.717) is 42.6 Å². The Morgan fingerprint density at radius 3 is 2.59 bits per heavy atom. The summed E-state index contributed by atoms with van der Waals surface area (Å²) in [5.41, 5.74) is 2.86. The standard InChI is InChI=1S/C20H18N4O3/c25-20(24-16-1-2-18-19(12-16)27-10-9-26-18)17-11-15(5-8-22-17)23-13-14-3-6-21-7-4-14/h1-8,11-12H,9-10,13H2,(H,22,23)(H,24,25). The number of anilines is 2. The summed E-state index contributed by atoms with van der Waals surface area (Å²) >= 11 is 0. The fourth-order valence-corrected chi connectivity index (χ4v) is 2.69. The van der Waals surface area contributed by atoms with Gasteiger partial charge in [-0.25, -0.2) is 0 Å². The Morgan fingerprint density at radius 2 is 1.74 bits per heavy atom. The first-order valence-corrected chi connectivity index (χ1v) is 8.58. The molecule has 0 fully saturated rings. The molecule has 2 aromatic heterocycles. The highest BCUT2D eigenvalue weighted by Gasteiger charge is 2.14. The minimum atomic E-state index is -0.292. The van der Waals surface area contributed by atoms with E-state index in [0.717, 1.165) is 11.3 Å². The molecule has 7 heteroatoms. The Balaban J connectivity index is 1.43. The number of nitrogens with one attached hydrogen (secondary N) is 2. The van der Waals surface area contributed by atoms with Crippen LogP contribution in [-0.4, -0.2) is 29.1 Å². The van der Waals surface area contributed by atoms with E-state index < -0.39 is 0 Å². The molecule has 0 saturated carbocycles. The van der Waals surface area contributed by atoms with E-state index in [4.69, 9.17) is 9.47 Å². The zero-order valence-electron chi connectivity index (χ0n) is 14.5. The summed E-state index contributed by atoms with van der Waals surface area (Å²) in [5.74, 6) is 1.01. The number of rotatable bonds is 5. The van der Waals surface area contributed by atoms with Gasteiger partial charge < -0.3 is 20.1 Å². The fraction of sp³-hybridized carbons (Fsp3) is 0.150. The number of carbonyl (C=O) groups is 1. The van der Waals surface area contributed by atoms with E-state index in [2.05, 4.69) is 20.6 Å². The second-order valence-electron chi connectivity index (χ2n) is 5.95. The number of aromatic nitrogens is 2. The van der Waals surface area contributed by atoms with Crippen LogP contribution in [0.15, 0.2) is 61.1 Å². The fourth-order valence-electron chi connectivity index (χ4n) is 2.69. The van der Waals surface area contributed by atoms with E-state index >= 15 is 0 Å². The van der Waals surface area contributed by atoms with Gasteiger partial charge in [-0.05, 0) is 42.0 Å². The van der Waals surface area contributed by atoms with E-state index in [1.807, 2.05) is 18.2 Å². The summed E-state index contributed by atoms with van der Waals surface area (Å²) in [7, 11) is 0. The molecule has 3 heterocycles. The van der Waals surface area contributed by atoms with Gasteiger partial charge in [-0.3, -0.25) is 14.8 Å². The van der Waals surface area contributed by atoms with Crippen molar-refractivity contribution in [2.45, 2.75) is 6.54 Å². The Bertz CT molecular complexity index is 947. The maximum Gasteiger partial charge on any atom is 0.274 e. The number of ether oxygens (including phenoxy) is 2. The quantitative estimate of drug-likeness (QED) is 0.725. The van der Waals surface area contributed by atoms with Crippen molar-refractivity contribution in [1.82, 2.24) is 9.97 Å². The molecule has 0 bridgehead atoms. The lowest BCUT2D eigenvalue weighted by Gasteiger charge is -2.19. The van der Waals surface area contributed by atoms with Crippen LogP contribution in [0.25, 0.3) is 0 Å². The molecular formula is C20H18N4O3. The Morgan fingerprint density at radius 1 is 0.926 bits per heavy atom. The number of pyridine rings is 2. The largest absolute Gasteiger partial charge is 0.486 e. The highest BCUT2D eigenvalue weighted by atomic mass is 16.6. The van der Waals surface area contributed by atoms with E-state index in [1.165, 1.54) is 0 Å². The van der Waals surface area contributed by atoms with Crippen LogP contribution in [-0.2, 0) is 6.54 Å². The van der Waals surface area contributed by atoms with Crippen molar-refractivity contribution in [1.29, 1.82) is 0 Å². The molecule has 0 unspecified atom stereocenters. The predicted octanol–water partition coefficient (Wildman–Crippen LogP) is 3.11. The molecule has 0 atom stereocenters. The molecule has 3 aromatic rings. The highest BCUT2D eigenvalue weighted by Crippen LogP contribution is 2.32. The zero-order chi connectivity index (χ0) is 18.5. The van der Waals surface area contributed by atoms with Crippen LogP contribution in [0.1, 0.15) is 16.1 Å². The van der Waals surface area contributed by atoms with Crippen molar-refractivity contribution in [2.24, 2.45) is 0 Å². The molecule has 0 spiro atoms. The van der Waals surface area contributed by atoms with Gasteiger partial charge in [-0.2, -0.15) is 0 Å². The van der Waals surface area contributed by atoms with Crippen molar-refractivity contribution in [3.05, 3.63) is 72.3 Å². The topological polar surface area (TPSA) is 85.4 Å². The maximum atomic E-state index is 12.5. The first-order chi connectivity index (χ1) is 13.3. The Hall–Kier alpha value is -3.61. The maximum absolute atomic E-state index is 12.5. The predicted molar refractivity (Wildman–Crippen MR) is 101 cm³/mol. The lowest BCUT2D eigenvalue weighted by Crippen LogP contribution is -2.17. The van der Waals surface area contributed by atoms with Crippen molar-refractivity contribution >= 4 is 17.3 Å². The minimum absolute atomic E-state index is 0.292. The number of amides is 1. The van der Waals surface area contributed by atoms with Crippen LogP contribution in [0, 0.1) is 0 Å². The smallest absolute Gasteiger partial charge is 0.274 e. The molecule has 0 radical (unpaired) electrons. The second-order valence-corrected chi connectivity index (χ2v) is 5.95. The van der Waals surface area contributed by atoms with Gasteiger partial charge in [0.25, 0.3) is 5.91 Å². The summed E-state index contributed by atoms with van der Waals surface area (Å²) in [6, 6.07) is 12.7. The summed E-state index contributed by atoms with van der Waals surface area (Å²) < 4.78 is 11.0. The summed E-state index contributed by atoms with van der Waals surface area (Å²) in [4.78, 5) is 20.7. The number of hydrogen-bond acceptors (Lipinski definition) is 6. The third kappa shape index (κ3) is 4.14. The summed E-state index contributed by atoms with van der Waals surface area (Å²) in [6.07, 6.45) is 5.10. The number of carbonyl (C=O) groups excluding carboxylic acids is 1. The number of fused-ring (bicyclic) bond motifs is 1. The monoisotopic (exact) mass is 362 g/mol. The van der Waals surface area contributed by atoms with Gasteiger partial charge in [0.2, 0.25) is 0 Å². The number of nitrogens with zero attached hydrogens (tertiary/aromatic N) is 2. The molecule has 136 valence electrons. The van der Waals surface area contributed by atoms with Crippen LogP contribution in [0.2, 0.25) is 0 Å². The van der Waals surface area contributed by atoms with Crippen molar-refractivity contribution < 1.29 is 14.3 Å². The summed E-state index contributed by atoms with van der Waals surface area (Å²) in [6.45, 7) is 1.66. The molecule has 0 aliphatic carbocycles. The highest BCUT2D eigenvalue weighted by molar-refractivity contribution is 6.03. The van der Waals surface area contributed by atoms with Crippen LogP contribution in [0.4, 0.5) is 11.4 Å². The average molecular weight is 362 g/mol. The van der Waals surface area contributed by atoms with Crippen LogP contribution in [0.5, 0.6) is 11.5 Å². The van der Waals surface area contributed by atoms with Gasteiger partial charge in [0.1, 0.15) is 18.9 Å². The number of hydrogen-bond donors (Lipinski definition) is 2. The lowest BCUT2D eigenvalue weighted by atomic mass is 10.2. The van der Waals surface area contributed by atoms with Gasteiger partial charge in [-0.1, -0.05) is 0 Å². The molecule has 1 aromatic carbocycles. The van der Waals surface area contributed by atoms with Gasteiger partial charge in [-0.15, -0.1) is 0 Å². The molecule has 27 heavy (non-hydrogen) atoms. The Labute approximate surface area is 156 Å². The number of benzene rings is 1. The average Bonchev–Trinajstić information content (AvgIpc) is 2.73. The zero-order valence-corrected chi connectivity index (χ0v) is 14.5. The van der Waals surface area contributed by atoms with Gasteiger partial charge in [0.05, 0.1) is 0 Å². The molecule has 1 amide bonds. The molecule has 0 saturated heterocycles. The summed E-state index contributed by atoms with van der Waals surface area (Å²) in [5, 5.41) is 6.11. The Kier molecular flexibility index (Phi) is 4.82. The van der Waals surface area contributed by atoms with Crippen LogP contribution >= 0.6 is 0 Å². The molecule has 1 aliphatic rings. The third-order valence-electron chi connectivity index (χ3n) is 4.04. The van der Waals surface area contributed by atoms with Gasteiger partial charge >= 0.3 is 0 Å². The van der Waals surface area contributed by atoms with E-state index in [9.17, 15) is 4.79 Å². The first-order valence-electron chi connectivity index (χ1n) is 8.58. The first kappa shape index (κ1) is 16.8. The second kappa shape index (κ2) is 7.74. The molecule has 7 nitrogen and oxygen atoms in total. The van der Waals surface area contributed by atoms with Crippen molar-refractivity contribution in [3.8, 4) is 11.5 Å². The van der Waals surface area contributed by atoms with Crippen LogP contribution in [0.3, 0.4) is 0 Å². The minimum Gasteiger partial charge on any atom is -0.486 e. The molecule has 1 aliphatic heterocycles. The third-order valence-corrected chi connectivity index (χ3v) is 4.04. The SMILES string of the molecule is O=C(Nc1ccc2c(c1)OCCO2)c1cc(NCc2ccncc2)ccn1.